The molecule has 1 aliphatic carbocycles. The lowest BCUT2D eigenvalue weighted by Crippen LogP contribution is -2.12. The lowest BCUT2D eigenvalue weighted by Gasteiger charge is -2.18. The molecule has 3 heteroatoms. The summed E-state index contributed by atoms with van der Waals surface area (Å²) >= 11 is 0. The van der Waals surface area contributed by atoms with Crippen molar-refractivity contribution >= 4 is 0 Å². The van der Waals surface area contributed by atoms with Crippen LogP contribution < -0.4 is 9.47 Å². The third kappa shape index (κ3) is 4.80. The van der Waals surface area contributed by atoms with E-state index < -0.39 is 0 Å². The van der Waals surface area contributed by atoms with Gasteiger partial charge < -0.3 is 14.6 Å². The highest BCUT2D eigenvalue weighted by molar-refractivity contribution is 5.46. The van der Waals surface area contributed by atoms with Gasteiger partial charge in [-0.15, -0.1) is 0 Å². The number of rotatable bonds is 6. The van der Waals surface area contributed by atoms with Crippen molar-refractivity contribution in [1.29, 1.82) is 0 Å². The Morgan fingerprint density at radius 3 is 2.54 bits per heavy atom. The van der Waals surface area contributed by atoms with Crippen LogP contribution in [-0.2, 0) is 0 Å². The largest absolute Gasteiger partial charge is 0.493 e. The Hall–Kier alpha value is -2.44. The second-order valence-electron chi connectivity index (χ2n) is 6.63. The van der Waals surface area contributed by atoms with Crippen LogP contribution in [0.1, 0.15) is 49.1 Å². The number of ether oxygens (including phenoxy) is 2. The Balaban J connectivity index is 1.85. The summed E-state index contributed by atoms with van der Waals surface area (Å²) in [4.78, 5) is 0. The molecule has 1 fully saturated rings. The van der Waals surface area contributed by atoms with Gasteiger partial charge in [-0.25, -0.2) is 0 Å². The first-order valence-corrected chi connectivity index (χ1v) is 9.32. The van der Waals surface area contributed by atoms with E-state index in [4.69, 9.17) is 9.47 Å². The lowest BCUT2D eigenvalue weighted by molar-refractivity contribution is 0.200. The van der Waals surface area contributed by atoms with Crippen molar-refractivity contribution in [2.45, 2.75) is 44.1 Å². The van der Waals surface area contributed by atoms with Gasteiger partial charge in [0.1, 0.15) is 0 Å². The summed E-state index contributed by atoms with van der Waals surface area (Å²) in [5, 5.41) is 9.47. The number of hydrogen-bond acceptors (Lipinski definition) is 3. The first kappa shape index (κ1) is 18.4. The van der Waals surface area contributed by atoms with Crippen molar-refractivity contribution in [2.24, 2.45) is 0 Å². The summed E-state index contributed by atoms with van der Waals surface area (Å²) in [5.74, 6) is 8.01. The fourth-order valence-corrected chi connectivity index (χ4v) is 3.33. The number of aliphatic hydroxyl groups is 1. The average molecular weight is 350 g/mol. The van der Waals surface area contributed by atoms with E-state index in [1.54, 1.807) is 7.11 Å². The topological polar surface area (TPSA) is 38.7 Å². The number of benzene rings is 2. The molecule has 0 amide bonds. The summed E-state index contributed by atoms with van der Waals surface area (Å²) in [6.45, 7) is 0.0962. The van der Waals surface area contributed by atoms with Crippen molar-refractivity contribution in [1.82, 2.24) is 0 Å². The molecule has 0 heterocycles. The zero-order valence-electron chi connectivity index (χ0n) is 15.3. The fourth-order valence-electron chi connectivity index (χ4n) is 3.33. The molecule has 136 valence electrons. The maximum atomic E-state index is 9.47. The molecule has 1 unspecified atom stereocenters. The highest BCUT2D eigenvalue weighted by Gasteiger charge is 2.19. The van der Waals surface area contributed by atoms with Gasteiger partial charge in [-0.3, -0.25) is 0 Å². The number of hydrogen-bond donors (Lipinski definition) is 1. The number of aliphatic hydroxyl groups excluding tert-OH is 1. The summed E-state index contributed by atoms with van der Waals surface area (Å²) in [6.07, 6.45) is 5.51. The monoisotopic (exact) mass is 350 g/mol. The summed E-state index contributed by atoms with van der Waals surface area (Å²) in [7, 11) is 1.66. The molecular weight excluding hydrogens is 324 g/mol. The minimum absolute atomic E-state index is 0.0444. The number of methoxy groups -OCH3 is 1. The van der Waals surface area contributed by atoms with E-state index in [0.29, 0.717) is 6.42 Å². The highest BCUT2D eigenvalue weighted by atomic mass is 16.5. The van der Waals surface area contributed by atoms with Gasteiger partial charge >= 0.3 is 0 Å². The summed E-state index contributed by atoms with van der Waals surface area (Å²) < 4.78 is 11.7. The van der Waals surface area contributed by atoms with E-state index in [9.17, 15) is 5.11 Å². The van der Waals surface area contributed by atoms with Gasteiger partial charge in [0, 0.05) is 18.1 Å². The normalized spacial score (nSPS) is 15.2. The molecule has 1 N–H and O–H groups in total. The lowest BCUT2D eigenvalue weighted by atomic mass is 9.95. The predicted molar refractivity (Wildman–Crippen MR) is 104 cm³/mol. The minimum atomic E-state index is -0.0444. The summed E-state index contributed by atoms with van der Waals surface area (Å²) in [5.41, 5.74) is 2.03. The third-order valence-electron chi connectivity index (χ3n) is 4.77. The molecule has 3 nitrogen and oxygen atoms in total. The van der Waals surface area contributed by atoms with E-state index in [2.05, 4.69) is 11.8 Å². The molecule has 1 saturated carbocycles. The smallest absolute Gasteiger partial charge is 0.161 e. The molecule has 3 rings (SSSR count). The molecule has 0 aromatic heterocycles. The van der Waals surface area contributed by atoms with Crippen molar-refractivity contribution in [3.05, 3.63) is 59.7 Å². The molecule has 1 atom stereocenters. The predicted octanol–water partition coefficient (Wildman–Crippen LogP) is 4.53. The van der Waals surface area contributed by atoms with Crippen LogP contribution in [-0.4, -0.2) is 24.9 Å². The molecule has 0 radical (unpaired) electrons. The van der Waals surface area contributed by atoms with E-state index >= 15 is 0 Å². The SMILES string of the molecule is COc1ccc(C(C#Cc2ccccc2)CCO)cc1OC1CCCC1. The minimum Gasteiger partial charge on any atom is -0.493 e. The van der Waals surface area contributed by atoms with Gasteiger partial charge in [0.25, 0.3) is 0 Å². The third-order valence-corrected chi connectivity index (χ3v) is 4.77. The summed E-state index contributed by atoms with van der Waals surface area (Å²) in [6, 6.07) is 15.9. The average Bonchev–Trinajstić information content (AvgIpc) is 3.19. The molecule has 0 spiro atoms. The van der Waals surface area contributed by atoms with Gasteiger partial charge in [0.15, 0.2) is 11.5 Å². The van der Waals surface area contributed by atoms with Gasteiger partial charge in [0.05, 0.1) is 13.2 Å². The van der Waals surface area contributed by atoms with E-state index in [0.717, 1.165) is 35.5 Å². The van der Waals surface area contributed by atoms with Crippen molar-refractivity contribution < 1.29 is 14.6 Å². The Morgan fingerprint density at radius 1 is 1.08 bits per heavy atom. The van der Waals surface area contributed by atoms with Gasteiger partial charge in [-0.2, -0.15) is 0 Å². The quantitative estimate of drug-likeness (QED) is 0.778. The molecule has 2 aromatic rings. The Bertz CT molecular complexity index is 752. The molecule has 26 heavy (non-hydrogen) atoms. The van der Waals surface area contributed by atoms with Crippen molar-refractivity contribution in [3.8, 4) is 23.3 Å². The molecular formula is C23H26O3. The second-order valence-corrected chi connectivity index (χ2v) is 6.63. The van der Waals surface area contributed by atoms with E-state index in [-0.39, 0.29) is 18.6 Å². The van der Waals surface area contributed by atoms with Gasteiger partial charge in [0.2, 0.25) is 0 Å². The van der Waals surface area contributed by atoms with E-state index in [1.807, 2.05) is 48.5 Å². The van der Waals surface area contributed by atoms with Crippen molar-refractivity contribution in [2.75, 3.05) is 13.7 Å². The van der Waals surface area contributed by atoms with Crippen LogP contribution in [0.25, 0.3) is 0 Å². The Kier molecular flexibility index (Phi) is 6.57. The maximum absolute atomic E-state index is 9.47. The van der Waals surface area contributed by atoms with Crippen LogP contribution in [0.4, 0.5) is 0 Å². The zero-order valence-corrected chi connectivity index (χ0v) is 15.3. The van der Waals surface area contributed by atoms with Crippen molar-refractivity contribution in [3.63, 3.8) is 0 Å². The van der Waals surface area contributed by atoms with Crippen LogP contribution in [0.3, 0.4) is 0 Å². The molecule has 0 aliphatic heterocycles. The zero-order chi connectivity index (χ0) is 18.2. The standard InChI is InChI=1S/C23H26O3/c1-25-22-14-13-20(17-23(22)26-21-9-5-6-10-21)19(15-16-24)12-11-18-7-3-2-4-8-18/h2-4,7-8,13-14,17,19,21,24H,5-6,9-10,15-16H2,1H3. The van der Waals surface area contributed by atoms with Crippen LogP contribution in [0, 0.1) is 11.8 Å². The molecule has 0 bridgehead atoms. The first-order chi connectivity index (χ1) is 12.8. The maximum Gasteiger partial charge on any atom is 0.161 e. The second kappa shape index (κ2) is 9.31. The first-order valence-electron chi connectivity index (χ1n) is 9.32. The van der Waals surface area contributed by atoms with Gasteiger partial charge in [-0.1, -0.05) is 36.1 Å². The highest BCUT2D eigenvalue weighted by Crippen LogP contribution is 2.34. The molecule has 0 saturated heterocycles. The van der Waals surface area contributed by atoms with Crippen LogP contribution >= 0.6 is 0 Å². The molecule has 1 aliphatic rings. The fraction of sp³-hybridized carbons (Fsp3) is 0.391. The Morgan fingerprint density at radius 2 is 1.85 bits per heavy atom. The molecule has 2 aromatic carbocycles. The van der Waals surface area contributed by atoms with Crippen LogP contribution in [0.2, 0.25) is 0 Å². The van der Waals surface area contributed by atoms with Gasteiger partial charge in [-0.05, 0) is 61.9 Å². The van der Waals surface area contributed by atoms with Crippen LogP contribution in [0.5, 0.6) is 11.5 Å². The van der Waals surface area contributed by atoms with E-state index in [1.165, 1.54) is 12.8 Å². The van der Waals surface area contributed by atoms with Crippen LogP contribution in [0.15, 0.2) is 48.5 Å². The Labute approximate surface area is 156 Å².